The molecule has 1 aliphatic heterocycles. The van der Waals surface area contributed by atoms with Crippen LogP contribution in [0.3, 0.4) is 0 Å². The second kappa shape index (κ2) is 2.61. The Morgan fingerprint density at radius 1 is 1.27 bits per heavy atom. The highest BCUT2D eigenvalue weighted by molar-refractivity contribution is 5.91. The van der Waals surface area contributed by atoms with Crippen molar-refractivity contribution in [2.45, 2.75) is 27.7 Å². The van der Waals surface area contributed by atoms with Crippen LogP contribution in [-0.4, -0.2) is 12.1 Å². The molecule has 2 nitrogen and oxygen atoms in total. The molecule has 1 rings (SSSR count). The largest absolute Gasteiger partial charge is 0.245 e. The van der Waals surface area contributed by atoms with E-state index in [4.69, 9.17) is 0 Å². The zero-order valence-electron chi connectivity index (χ0n) is 7.55. The lowest BCUT2D eigenvalue weighted by molar-refractivity contribution is 0.642. The molecule has 2 heteroatoms. The van der Waals surface area contributed by atoms with Gasteiger partial charge in [-0.2, -0.15) is 0 Å². The van der Waals surface area contributed by atoms with Crippen LogP contribution in [0.4, 0.5) is 0 Å². The fourth-order valence-corrected chi connectivity index (χ4v) is 0.747. The van der Waals surface area contributed by atoms with E-state index < -0.39 is 0 Å². The van der Waals surface area contributed by atoms with Crippen molar-refractivity contribution in [2.24, 2.45) is 15.4 Å². The minimum Gasteiger partial charge on any atom is -0.245 e. The average Bonchev–Trinajstić information content (AvgIpc) is 2.03. The fourth-order valence-electron chi connectivity index (χ4n) is 0.747. The van der Waals surface area contributed by atoms with Crippen LogP contribution < -0.4 is 0 Å². The Hall–Kier alpha value is -0.920. The van der Waals surface area contributed by atoms with Gasteiger partial charge in [0.15, 0.2) is 0 Å². The number of rotatable bonds is 0. The highest BCUT2D eigenvalue weighted by atomic mass is 14.9. The van der Waals surface area contributed by atoms with Gasteiger partial charge in [0, 0.05) is 17.8 Å². The topological polar surface area (TPSA) is 24.7 Å². The number of amidine groups is 1. The molecule has 0 saturated heterocycles. The Kier molecular flexibility index (Phi) is 1.94. The van der Waals surface area contributed by atoms with Crippen LogP contribution in [0.5, 0.6) is 0 Å². The van der Waals surface area contributed by atoms with Crippen LogP contribution >= 0.6 is 0 Å². The third-order valence-electron chi connectivity index (χ3n) is 2.04. The van der Waals surface area contributed by atoms with Gasteiger partial charge in [0.1, 0.15) is 5.84 Å². The summed E-state index contributed by atoms with van der Waals surface area (Å²) in [6.07, 6.45) is 3.84. The van der Waals surface area contributed by atoms with E-state index in [1.807, 2.05) is 19.3 Å². The van der Waals surface area contributed by atoms with Crippen LogP contribution in [0.2, 0.25) is 0 Å². The average molecular weight is 150 g/mol. The van der Waals surface area contributed by atoms with Gasteiger partial charge in [-0.15, -0.1) is 0 Å². The van der Waals surface area contributed by atoms with Gasteiger partial charge in [0.25, 0.3) is 0 Å². The Bertz CT molecular complexity index is 244. The molecule has 0 N–H and O–H groups in total. The summed E-state index contributed by atoms with van der Waals surface area (Å²) in [5.74, 6) is 0.829. The molecule has 0 radical (unpaired) electrons. The van der Waals surface area contributed by atoms with Gasteiger partial charge in [-0.3, -0.25) is 0 Å². The number of aliphatic imine (C=N–C) groups is 2. The van der Waals surface area contributed by atoms with Gasteiger partial charge in [-0.05, 0) is 19.4 Å². The van der Waals surface area contributed by atoms with Gasteiger partial charge in [-0.1, -0.05) is 13.8 Å². The summed E-state index contributed by atoms with van der Waals surface area (Å²) in [7, 11) is 0. The van der Waals surface area contributed by atoms with Gasteiger partial charge < -0.3 is 0 Å². The van der Waals surface area contributed by atoms with Crippen molar-refractivity contribution in [3.63, 3.8) is 0 Å². The van der Waals surface area contributed by atoms with Gasteiger partial charge in [-0.25, -0.2) is 9.98 Å². The second-order valence-corrected chi connectivity index (χ2v) is 3.47. The van der Waals surface area contributed by atoms with E-state index in [2.05, 4.69) is 30.8 Å². The lowest BCUT2D eigenvalue weighted by atomic mass is 9.87. The molecule has 0 amide bonds. The summed E-state index contributed by atoms with van der Waals surface area (Å²) < 4.78 is 0. The summed E-state index contributed by atoms with van der Waals surface area (Å²) in [6.45, 7) is 8.25. The van der Waals surface area contributed by atoms with E-state index in [1.54, 1.807) is 0 Å². The summed E-state index contributed by atoms with van der Waals surface area (Å²) in [5, 5.41) is 0. The van der Waals surface area contributed by atoms with Crippen LogP contribution in [-0.2, 0) is 0 Å². The third-order valence-corrected chi connectivity index (χ3v) is 2.04. The number of allylic oxidation sites excluding steroid dienone is 1. The lowest BCUT2D eigenvalue weighted by Gasteiger charge is -2.17. The Labute approximate surface area is 67.8 Å². The molecule has 0 atom stereocenters. The summed E-state index contributed by atoms with van der Waals surface area (Å²) >= 11 is 0. The first-order valence-electron chi connectivity index (χ1n) is 3.79. The lowest BCUT2D eigenvalue weighted by Crippen LogP contribution is -2.13. The summed E-state index contributed by atoms with van der Waals surface area (Å²) in [6, 6.07) is 0. The third kappa shape index (κ3) is 1.76. The quantitative estimate of drug-likeness (QED) is 0.506. The van der Waals surface area contributed by atoms with E-state index in [0.29, 0.717) is 0 Å². The minimum atomic E-state index is 0.0568. The molecule has 0 aromatic rings. The van der Waals surface area contributed by atoms with Crippen molar-refractivity contribution in [3.8, 4) is 0 Å². The predicted molar refractivity (Wildman–Crippen MR) is 49.1 cm³/mol. The first-order valence-corrected chi connectivity index (χ1v) is 3.79. The molecule has 0 bridgehead atoms. The Morgan fingerprint density at radius 3 is 2.55 bits per heavy atom. The molecule has 0 aromatic carbocycles. The molecule has 0 fully saturated rings. The van der Waals surface area contributed by atoms with E-state index in [0.717, 1.165) is 5.84 Å². The molecule has 11 heavy (non-hydrogen) atoms. The number of hydrogen-bond acceptors (Lipinski definition) is 2. The maximum Gasteiger partial charge on any atom is 0.124 e. The van der Waals surface area contributed by atoms with E-state index in [1.165, 1.54) is 5.57 Å². The molecule has 1 heterocycles. The van der Waals surface area contributed by atoms with Crippen molar-refractivity contribution in [2.75, 3.05) is 0 Å². The number of nitrogens with zero attached hydrogens (tertiary/aromatic N) is 2. The molecule has 0 saturated carbocycles. The smallest absolute Gasteiger partial charge is 0.124 e. The molecule has 1 aliphatic rings. The van der Waals surface area contributed by atoms with E-state index >= 15 is 0 Å². The maximum absolute atomic E-state index is 4.20. The van der Waals surface area contributed by atoms with Gasteiger partial charge >= 0.3 is 0 Å². The van der Waals surface area contributed by atoms with Crippen molar-refractivity contribution < 1.29 is 0 Å². The Balaban J connectivity index is 3.03. The number of hydrogen-bond donors (Lipinski definition) is 0. The van der Waals surface area contributed by atoms with Crippen molar-refractivity contribution in [1.29, 1.82) is 0 Å². The van der Waals surface area contributed by atoms with E-state index in [-0.39, 0.29) is 5.41 Å². The zero-order valence-corrected chi connectivity index (χ0v) is 7.55. The van der Waals surface area contributed by atoms with Crippen molar-refractivity contribution in [1.82, 2.24) is 0 Å². The highest BCUT2D eigenvalue weighted by Crippen LogP contribution is 2.24. The first kappa shape index (κ1) is 8.18. The highest BCUT2D eigenvalue weighted by Gasteiger charge is 2.18. The zero-order chi connectivity index (χ0) is 8.48. The fraction of sp³-hybridized carbons (Fsp3) is 0.556. The van der Waals surface area contributed by atoms with Gasteiger partial charge in [0.05, 0.1) is 0 Å². The maximum atomic E-state index is 4.20. The Morgan fingerprint density at radius 2 is 1.91 bits per heavy atom. The summed E-state index contributed by atoms with van der Waals surface area (Å²) in [4.78, 5) is 8.36. The first-order chi connectivity index (χ1) is 5.02. The molecule has 0 unspecified atom stereocenters. The SMILES string of the molecule is CC1=CN=C(C)N=CC1(C)C. The van der Waals surface area contributed by atoms with Crippen LogP contribution in [0.15, 0.2) is 21.8 Å². The molecular formula is C9H14N2. The van der Waals surface area contributed by atoms with Crippen molar-refractivity contribution in [3.05, 3.63) is 11.8 Å². The molecular weight excluding hydrogens is 136 g/mol. The molecule has 0 spiro atoms. The predicted octanol–water partition coefficient (Wildman–Crippen LogP) is 2.42. The second-order valence-electron chi connectivity index (χ2n) is 3.47. The van der Waals surface area contributed by atoms with Crippen molar-refractivity contribution >= 4 is 12.1 Å². The monoisotopic (exact) mass is 150 g/mol. The van der Waals surface area contributed by atoms with E-state index in [9.17, 15) is 0 Å². The molecule has 0 aromatic heterocycles. The molecule has 60 valence electrons. The van der Waals surface area contributed by atoms with Crippen LogP contribution in [0, 0.1) is 5.41 Å². The molecule has 0 aliphatic carbocycles. The van der Waals surface area contributed by atoms with Crippen LogP contribution in [0.1, 0.15) is 27.7 Å². The standard InChI is InChI=1S/C9H14N2/c1-7-5-10-8(2)11-6-9(7,3)4/h5-6H,1-4H3. The van der Waals surface area contributed by atoms with Crippen LogP contribution in [0.25, 0.3) is 0 Å². The minimum absolute atomic E-state index is 0.0568. The normalized spacial score (nSPS) is 22.2. The summed E-state index contributed by atoms with van der Waals surface area (Å²) in [5.41, 5.74) is 1.31. The van der Waals surface area contributed by atoms with Gasteiger partial charge in [0.2, 0.25) is 0 Å².